The molecule has 152 valence electrons. The lowest BCUT2D eigenvalue weighted by atomic mass is 9.92. The van der Waals surface area contributed by atoms with Crippen molar-refractivity contribution in [2.45, 2.75) is 26.3 Å². The summed E-state index contributed by atoms with van der Waals surface area (Å²) in [6, 6.07) is 20.7. The molecule has 0 fully saturated rings. The maximum Gasteiger partial charge on any atom is 0.225 e. The van der Waals surface area contributed by atoms with Gasteiger partial charge in [0, 0.05) is 23.9 Å². The van der Waals surface area contributed by atoms with E-state index in [4.69, 9.17) is 0 Å². The third-order valence-electron chi connectivity index (χ3n) is 5.67. The van der Waals surface area contributed by atoms with Gasteiger partial charge in [0.1, 0.15) is 5.75 Å². The Morgan fingerprint density at radius 3 is 2.43 bits per heavy atom. The predicted molar refractivity (Wildman–Crippen MR) is 118 cm³/mol. The van der Waals surface area contributed by atoms with Crippen molar-refractivity contribution in [3.63, 3.8) is 0 Å². The number of amides is 1. The third-order valence-corrected chi connectivity index (χ3v) is 5.67. The van der Waals surface area contributed by atoms with Crippen LogP contribution in [0.5, 0.6) is 5.75 Å². The number of benzene rings is 3. The van der Waals surface area contributed by atoms with E-state index in [0.29, 0.717) is 5.56 Å². The number of rotatable bonds is 5. The second-order valence-corrected chi connectivity index (χ2v) is 7.58. The van der Waals surface area contributed by atoms with Crippen molar-refractivity contribution < 1.29 is 9.90 Å². The molecule has 3 aromatic carbocycles. The summed E-state index contributed by atoms with van der Waals surface area (Å²) in [5, 5.41) is 20.3. The molecule has 0 spiro atoms. The lowest BCUT2D eigenvalue weighted by molar-refractivity contribution is -0.120. The van der Waals surface area contributed by atoms with Gasteiger partial charge in [-0.15, -0.1) is 0 Å². The average molecular weight is 399 g/mol. The zero-order chi connectivity index (χ0) is 21.3. The monoisotopic (exact) mass is 399 g/mol. The number of carbonyl (C=O) groups is 1. The smallest absolute Gasteiger partial charge is 0.225 e. The van der Waals surface area contributed by atoms with Crippen molar-refractivity contribution in [2.75, 3.05) is 0 Å². The average Bonchev–Trinajstić information content (AvgIpc) is 2.99. The highest BCUT2D eigenvalue weighted by atomic mass is 16.3. The van der Waals surface area contributed by atoms with E-state index >= 15 is 0 Å². The van der Waals surface area contributed by atoms with Gasteiger partial charge in [-0.3, -0.25) is 9.48 Å². The number of hydrogen-bond donors (Lipinski definition) is 2. The van der Waals surface area contributed by atoms with Crippen LogP contribution in [0.15, 0.2) is 66.7 Å². The lowest BCUT2D eigenvalue weighted by Crippen LogP contribution is -2.31. The van der Waals surface area contributed by atoms with Gasteiger partial charge in [-0.05, 0) is 36.2 Å². The molecule has 30 heavy (non-hydrogen) atoms. The summed E-state index contributed by atoms with van der Waals surface area (Å²) in [6.45, 7) is 3.88. The van der Waals surface area contributed by atoms with Gasteiger partial charge >= 0.3 is 0 Å². The number of hydrogen-bond acceptors (Lipinski definition) is 3. The zero-order valence-corrected chi connectivity index (χ0v) is 17.4. The van der Waals surface area contributed by atoms with Gasteiger partial charge in [-0.1, -0.05) is 60.7 Å². The second-order valence-electron chi connectivity index (χ2n) is 7.58. The Bertz CT molecular complexity index is 1210. The summed E-state index contributed by atoms with van der Waals surface area (Å²) >= 11 is 0. The quantitative estimate of drug-likeness (QED) is 0.524. The molecule has 5 nitrogen and oxygen atoms in total. The van der Waals surface area contributed by atoms with Gasteiger partial charge in [0.15, 0.2) is 0 Å². The fourth-order valence-electron chi connectivity index (χ4n) is 4.00. The lowest BCUT2D eigenvalue weighted by Gasteiger charge is -2.23. The van der Waals surface area contributed by atoms with Crippen molar-refractivity contribution >= 4 is 16.7 Å². The van der Waals surface area contributed by atoms with E-state index in [1.54, 1.807) is 10.7 Å². The first-order chi connectivity index (χ1) is 14.5. The van der Waals surface area contributed by atoms with E-state index in [0.717, 1.165) is 33.3 Å². The van der Waals surface area contributed by atoms with Crippen molar-refractivity contribution in [2.24, 2.45) is 7.05 Å². The van der Waals surface area contributed by atoms with Crippen LogP contribution in [0.25, 0.3) is 10.8 Å². The molecule has 0 unspecified atom stereocenters. The van der Waals surface area contributed by atoms with Crippen LogP contribution in [0.3, 0.4) is 0 Å². The molecular weight excluding hydrogens is 374 g/mol. The Balaban J connectivity index is 1.76. The van der Waals surface area contributed by atoms with Crippen molar-refractivity contribution in [1.29, 1.82) is 0 Å². The fraction of sp³-hybridized carbons (Fsp3) is 0.200. The van der Waals surface area contributed by atoms with E-state index in [2.05, 4.69) is 10.4 Å². The molecule has 4 rings (SSSR count). The Morgan fingerprint density at radius 1 is 1.03 bits per heavy atom. The van der Waals surface area contributed by atoms with Crippen LogP contribution in [-0.2, 0) is 18.3 Å². The minimum atomic E-state index is -0.470. The van der Waals surface area contributed by atoms with Crippen LogP contribution in [0.2, 0.25) is 0 Å². The Morgan fingerprint density at radius 2 is 1.73 bits per heavy atom. The van der Waals surface area contributed by atoms with Crippen molar-refractivity contribution in [1.82, 2.24) is 15.1 Å². The van der Waals surface area contributed by atoms with Crippen molar-refractivity contribution in [3.05, 3.63) is 94.8 Å². The maximum absolute atomic E-state index is 13.1. The second kappa shape index (κ2) is 8.03. The minimum Gasteiger partial charge on any atom is -0.508 e. The van der Waals surface area contributed by atoms with Crippen LogP contribution in [0.1, 0.15) is 34.1 Å². The molecule has 4 aromatic rings. The third kappa shape index (κ3) is 3.66. The van der Waals surface area contributed by atoms with E-state index in [1.165, 1.54) is 0 Å². The molecule has 0 saturated carbocycles. The highest BCUT2D eigenvalue weighted by Gasteiger charge is 2.23. The first kappa shape index (κ1) is 19.7. The molecule has 1 aromatic heterocycles. The minimum absolute atomic E-state index is 0.115. The predicted octanol–water partition coefficient (Wildman–Crippen LogP) is 4.34. The fourth-order valence-corrected chi connectivity index (χ4v) is 4.00. The van der Waals surface area contributed by atoms with Crippen LogP contribution in [-0.4, -0.2) is 20.8 Å². The van der Waals surface area contributed by atoms with E-state index < -0.39 is 6.04 Å². The Hall–Kier alpha value is -3.60. The number of fused-ring (bicyclic) bond motifs is 1. The summed E-state index contributed by atoms with van der Waals surface area (Å²) in [4.78, 5) is 13.1. The number of phenolic OH excluding ortho intramolecular Hbond substituents is 1. The molecule has 0 bridgehead atoms. The van der Waals surface area contributed by atoms with Gasteiger partial charge < -0.3 is 10.4 Å². The standard InChI is InChI=1S/C25H25N3O2/c1-16-21(17(2)28(3)27-16)15-23(30)26-25(19-10-5-4-6-11-19)24-20-12-8-7-9-18(20)13-14-22(24)29/h4-14,25,29H,15H2,1-3H3,(H,26,30)/t25-/m1/s1. The van der Waals surface area contributed by atoms with Gasteiger partial charge in [0.2, 0.25) is 5.91 Å². The van der Waals surface area contributed by atoms with Gasteiger partial charge in [0.05, 0.1) is 18.2 Å². The summed E-state index contributed by atoms with van der Waals surface area (Å²) < 4.78 is 1.79. The number of phenols is 1. The van der Waals surface area contributed by atoms with Crippen LogP contribution in [0, 0.1) is 13.8 Å². The Labute approximate surface area is 176 Å². The Kier molecular flexibility index (Phi) is 5.27. The van der Waals surface area contributed by atoms with Gasteiger partial charge in [-0.2, -0.15) is 5.10 Å². The summed E-state index contributed by atoms with van der Waals surface area (Å²) in [5.41, 5.74) is 4.38. The number of aromatic hydroxyl groups is 1. The number of carbonyl (C=O) groups excluding carboxylic acids is 1. The first-order valence-electron chi connectivity index (χ1n) is 9.99. The summed E-state index contributed by atoms with van der Waals surface area (Å²) in [6.07, 6.45) is 0.236. The normalized spacial score (nSPS) is 12.1. The molecule has 1 amide bonds. The summed E-state index contributed by atoms with van der Waals surface area (Å²) in [5.74, 6) is 0.0481. The SMILES string of the molecule is Cc1nn(C)c(C)c1CC(=O)N[C@H](c1ccccc1)c1c(O)ccc2ccccc12. The summed E-state index contributed by atoms with van der Waals surface area (Å²) in [7, 11) is 1.88. The molecule has 0 aliphatic carbocycles. The molecular formula is C25H25N3O2. The van der Waals surface area contributed by atoms with Crippen molar-refractivity contribution in [3.8, 4) is 5.75 Å². The highest BCUT2D eigenvalue weighted by molar-refractivity contribution is 5.89. The first-order valence-corrected chi connectivity index (χ1v) is 9.99. The van der Waals surface area contributed by atoms with E-state index in [-0.39, 0.29) is 18.1 Å². The molecule has 2 N–H and O–H groups in total. The van der Waals surface area contributed by atoms with Gasteiger partial charge in [0.25, 0.3) is 0 Å². The largest absolute Gasteiger partial charge is 0.508 e. The number of aryl methyl sites for hydroxylation is 2. The zero-order valence-electron chi connectivity index (χ0n) is 17.4. The van der Waals surface area contributed by atoms with E-state index in [9.17, 15) is 9.90 Å². The maximum atomic E-state index is 13.1. The number of aromatic nitrogens is 2. The number of nitrogens with zero attached hydrogens (tertiary/aromatic N) is 2. The molecule has 0 saturated heterocycles. The van der Waals surface area contributed by atoms with Crippen LogP contribution >= 0.6 is 0 Å². The van der Waals surface area contributed by atoms with E-state index in [1.807, 2.05) is 81.6 Å². The molecule has 1 heterocycles. The number of nitrogens with one attached hydrogen (secondary N) is 1. The molecule has 0 aliphatic heterocycles. The molecule has 0 aliphatic rings. The van der Waals surface area contributed by atoms with Gasteiger partial charge in [-0.25, -0.2) is 0 Å². The molecule has 1 atom stereocenters. The highest BCUT2D eigenvalue weighted by Crippen LogP contribution is 2.35. The topological polar surface area (TPSA) is 67.2 Å². The molecule has 5 heteroatoms. The van der Waals surface area contributed by atoms with Crippen LogP contribution < -0.4 is 5.32 Å². The molecule has 0 radical (unpaired) electrons. The van der Waals surface area contributed by atoms with Crippen LogP contribution in [0.4, 0.5) is 0 Å².